The van der Waals surface area contributed by atoms with Gasteiger partial charge in [0.2, 0.25) is 5.91 Å². The van der Waals surface area contributed by atoms with Crippen LogP contribution in [0.5, 0.6) is 0 Å². The van der Waals surface area contributed by atoms with Crippen LogP contribution >= 0.6 is 11.8 Å². The molecule has 4 heteroatoms. The fourth-order valence-corrected chi connectivity index (χ4v) is 3.16. The Hall–Kier alpha value is -1.03. The van der Waals surface area contributed by atoms with Crippen LogP contribution in [-0.2, 0) is 11.2 Å². The third-order valence-electron chi connectivity index (χ3n) is 3.62. The minimum absolute atomic E-state index is 0.0356. The molecule has 0 N–H and O–H groups in total. The van der Waals surface area contributed by atoms with Crippen molar-refractivity contribution in [1.82, 2.24) is 4.90 Å². The minimum atomic E-state index is -0.314. The molecule has 0 aliphatic carbocycles. The van der Waals surface area contributed by atoms with Gasteiger partial charge in [-0.05, 0) is 30.7 Å². The summed E-state index contributed by atoms with van der Waals surface area (Å²) in [4.78, 5) is 15.3. The number of hydrogen-bond acceptors (Lipinski definition) is 2. The van der Waals surface area contributed by atoms with Crippen molar-refractivity contribution >= 4 is 17.7 Å². The zero-order chi connectivity index (χ0) is 13.7. The maximum Gasteiger partial charge on any atom is 0.227 e. The van der Waals surface area contributed by atoms with Crippen molar-refractivity contribution in [2.45, 2.75) is 24.2 Å². The number of amides is 1. The van der Waals surface area contributed by atoms with Crippen molar-refractivity contribution < 1.29 is 9.18 Å². The molecule has 0 saturated carbocycles. The normalized spacial score (nSPS) is 19.5. The summed E-state index contributed by atoms with van der Waals surface area (Å²) in [5.74, 6) is 0.160. The molecular formula is C15H20FNOS. The molecule has 19 heavy (non-hydrogen) atoms. The quantitative estimate of drug-likeness (QED) is 0.790. The van der Waals surface area contributed by atoms with Gasteiger partial charge >= 0.3 is 0 Å². The third-order valence-corrected chi connectivity index (χ3v) is 4.46. The Labute approximate surface area is 118 Å². The van der Waals surface area contributed by atoms with E-state index in [0.29, 0.717) is 13.0 Å². The first-order chi connectivity index (χ1) is 9.24. The number of thioether (sulfide) groups is 1. The highest BCUT2D eigenvalue weighted by atomic mass is 32.2. The van der Waals surface area contributed by atoms with Gasteiger partial charge in [-0.2, -0.15) is 0 Å². The van der Waals surface area contributed by atoms with Crippen molar-refractivity contribution in [2.75, 3.05) is 26.0 Å². The van der Waals surface area contributed by atoms with E-state index in [2.05, 4.69) is 0 Å². The van der Waals surface area contributed by atoms with Crippen LogP contribution in [0.2, 0.25) is 0 Å². The fourth-order valence-electron chi connectivity index (χ4n) is 2.54. The topological polar surface area (TPSA) is 20.3 Å². The average Bonchev–Trinajstić information content (AvgIpc) is 2.47. The van der Waals surface area contributed by atoms with Crippen molar-refractivity contribution in [1.29, 1.82) is 0 Å². The van der Waals surface area contributed by atoms with E-state index in [-0.39, 0.29) is 18.5 Å². The molecule has 1 atom stereocenters. The summed E-state index contributed by atoms with van der Waals surface area (Å²) in [6.07, 6.45) is 4.27. The number of rotatable bonds is 4. The van der Waals surface area contributed by atoms with Crippen molar-refractivity contribution in [3.63, 3.8) is 0 Å². The SMILES string of the molecule is CSc1ccccc1CC(=O)N1CCC[C@H](CF)C1. The number of carbonyl (C=O) groups is 1. The summed E-state index contributed by atoms with van der Waals surface area (Å²) in [5, 5.41) is 0. The average molecular weight is 281 g/mol. The number of hydrogen-bond donors (Lipinski definition) is 0. The summed E-state index contributed by atoms with van der Waals surface area (Å²) in [7, 11) is 0. The van der Waals surface area contributed by atoms with Crippen LogP contribution in [0, 0.1) is 5.92 Å². The molecule has 104 valence electrons. The molecule has 0 bridgehead atoms. The first-order valence-corrected chi connectivity index (χ1v) is 7.92. The largest absolute Gasteiger partial charge is 0.342 e. The number of benzene rings is 1. The van der Waals surface area contributed by atoms with Gasteiger partial charge in [0.25, 0.3) is 0 Å². The predicted molar refractivity (Wildman–Crippen MR) is 77.2 cm³/mol. The van der Waals surface area contributed by atoms with Crippen LogP contribution < -0.4 is 0 Å². The summed E-state index contributed by atoms with van der Waals surface area (Å²) in [6.45, 7) is 1.04. The van der Waals surface area contributed by atoms with Crippen LogP contribution in [-0.4, -0.2) is 36.8 Å². The number of likely N-dealkylation sites (tertiary alicyclic amines) is 1. The van der Waals surface area contributed by atoms with Gasteiger partial charge in [0, 0.05) is 23.9 Å². The van der Waals surface area contributed by atoms with Gasteiger partial charge in [-0.15, -0.1) is 11.8 Å². The highest BCUT2D eigenvalue weighted by Crippen LogP contribution is 2.22. The van der Waals surface area contributed by atoms with Crippen LogP contribution in [0.4, 0.5) is 4.39 Å². The van der Waals surface area contributed by atoms with Crippen molar-refractivity contribution in [3.05, 3.63) is 29.8 Å². The van der Waals surface area contributed by atoms with E-state index in [1.165, 1.54) is 0 Å². The van der Waals surface area contributed by atoms with E-state index in [9.17, 15) is 9.18 Å². The first-order valence-electron chi connectivity index (χ1n) is 6.70. The molecular weight excluding hydrogens is 261 g/mol. The Morgan fingerprint density at radius 3 is 3.00 bits per heavy atom. The van der Waals surface area contributed by atoms with Crippen LogP contribution in [0.15, 0.2) is 29.2 Å². The van der Waals surface area contributed by atoms with Gasteiger partial charge in [0.1, 0.15) is 0 Å². The molecule has 1 amide bonds. The maximum absolute atomic E-state index is 12.7. The Morgan fingerprint density at radius 2 is 2.26 bits per heavy atom. The molecule has 0 radical (unpaired) electrons. The molecule has 1 saturated heterocycles. The number of halogens is 1. The summed E-state index contributed by atoms with van der Waals surface area (Å²) >= 11 is 1.66. The van der Waals surface area contributed by atoms with Gasteiger partial charge < -0.3 is 4.90 Å². The molecule has 1 heterocycles. The van der Waals surface area contributed by atoms with E-state index in [0.717, 1.165) is 29.8 Å². The lowest BCUT2D eigenvalue weighted by atomic mass is 9.99. The highest BCUT2D eigenvalue weighted by molar-refractivity contribution is 7.98. The van der Waals surface area contributed by atoms with Gasteiger partial charge in [-0.1, -0.05) is 18.2 Å². The number of carbonyl (C=O) groups excluding carboxylic acids is 1. The Morgan fingerprint density at radius 1 is 1.47 bits per heavy atom. The van der Waals surface area contributed by atoms with E-state index >= 15 is 0 Å². The smallest absolute Gasteiger partial charge is 0.227 e. The fraction of sp³-hybridized carbons (Fsp3) is 0.533. The van der Waals surface area contributed by atoms with E-state index in [1.807, 2.05) is 35.4 Å². The maximum atomic E-state index is 12.7. The first kappa shape index (κ1) is 14.4. The Kier molecular flexibility index (Phi) is 5.25. The zero-order valence-corrected chi connectivity index (χ0v) is 12.1. The Bertz CT molecular complexity index is 438. The lowest BCUT2D eigenvalue weighted by Crippen LogP contribution is -2.41. The minimum Gasteiger partial charge on any atom is -0.342 e. The van der Waals surface area contributed by atoms with Gasteiger partial charge in [0.15, 0.2) is 0 Å². The molecule has 0 aromatic heterocycles. The van der Waals surface area contributed by atoms with Gasteiger partial charge in [-0.3, -0.25) is 9.18 Å². The van der Waals surface area contributed by atoms with Crippen LogP contribution in [0.25, 0.3) is 0 Å². The van der Waals surface area contributed by atoms with Crippen LogP contribution in [0.1, 0.15) is 18.4 Å². The molecule has 1 aliphatic heterocycles. The molecule has 1 aliphatic rings. The third kappa shape index (κ3) is 3.72. The second kappa shape index (κ2) is 6.94. The van der Waals surface area contributed by atoms with E-state index < -0.39 is 0 Å². The highest BCUT2D eigenvalue weighted by Gasteiger charge is 2.23. The lowest BCUT2D eigenvalue weighted by Gasteiger charge is -2.31. The second-order valence-corrected chi connectivity index (χ2v) is 5.84. The monoisotopic (exact) mass is 281 g/mol. The summed E-state index contributed by atoms with van der Waals surface area (Å²) < 4.78 is 12.7. The zero-order valence-electron chi connectivity index (χ0n) is 11.3. The second-order valence-electron chi connectivity index (χ2n) is 4.99. The Balaban J connectivity index is 2.00. The molecule has 1 aromatic rings. The van der Waals surface area contributed by atoms with E-state index in [1.54, 1.807) is 11.8 Å². The molecule has 0 spiro atoms. The number of piperidine rings is 1. The van der Waals surface area contributed by atoms with Crippen molar-refractivity contribution in [2.24, 2.45) is 5.92 Å². The summed E-state index contributed by atoms with van der Waals surface area (Å²) in [5.41, 5.74) is 1.07. The molecule has 2 rings (SSSR count). The predicted octanol–water partition coefficient (Wildman–Crippen LogP) is 3.16. The van der Waals surface area contributed by atoms with E-state index in [4.69, 9.17) is 0 Å². The summed E-state index contributed by atoms with van der Waals surface area (Å²) in [6, 6.07) is 7.98. The lowest BCUT2D eigenvalue weighted by molar-refractivity contribution is -0.132. The molecule has 0 unspecified atom stereocenters. The standard InChI is InChI=1S/C15H20FNOS/c1-19-14-7-3-2-6-13(14)9-15(18)17-8-4-5-12(10-16)11-17/h2-3,6-7,12H,4-5,8-11H2,1H3/t12-/m1/s1. The molecule has 2 nitrogen and oxygen atoms in total. The van der Waals surface area contributed by atoms with Gasteiger partial charge in [0.05, 0.1) is 13.1 Å². The van der Waals surface area contributed by atoms with Crippen LogP contribution in [0.3, 0.4) is 0 Å². The van der Waals surface area contributed by atoms with Crippen molar-refractivity contribution in [3.8, 4) is 0 Å². The van der Waals surface area contributed by atoms with Gasteiger partial charge in [-0.25, -0.2) is 0 Å². The molecule has 1 fully saturated rings. The molecule has 1 aromatic carbocycles. The number of alkyl halides is 1. The number of nitrogens with zero attached hydrogens (tertiary/aromatic N) is 1.